The average molecular weight is 424 g/mol. The molecule has 1 fully saturated rings. The Bertz CT molecular complexity index is 1030. The lowest BCUT2D eigenvalue weighted by Crippen LogP contribution is -2.27. The molecule has 0 spiro atoms. The molecular weight excluding hydrogens is 402 g/mol. The van der Waals surface area contributed by atoms with Gasteiger partial charge >= 0.3 is 0 Å². The summed E-state index contributed by atoms with van der Waals surface area (Å²) < 4.78 is 0.843. The molecule has 1 heterocycles. The van der Waals surface area contributed by atoms with Gasteiger partial charge in [0.15, 0.2) is 4.34 Å². The highest BCUT2D eigenvalue weighted by Gasteiger charge is 2.25. The van der Waals surface area contributed by atoms with Crippen LogP contribution in [-0.2, 0) is 4.79 Å². The topological polar surface area (TPSA) is 71.1 Å². The predicted octanol–water partition coefficient (Wildman–Crippen LogP) is 4.74. The van der Waals surface area contributed by atoms with Crippen LogP contribution in [0.1, 0.15) is 28.8 Å². The van der Waals surface area contributed by atoms with Crippen molar-refractivity contribution < 1.29 is 9.59 Å². The molecule has 1 aliphatic rings. The number of hydrogen-bond acceptors (Lipinski definition) is 5. The average Bonchev–Trinajstić information content (AvgIpc) is 3.41. The molecule has 0 saturated heterocycles. The predicted molar refractivity (Wildman–Crippen MR) is 119 cm³/mol. The van der Waals surface area contributed by atoms with Gasteiger partial charge in [-0.1, -0.05) is 53.7 Å². The fraction of sp³-hybridized carbons (Fsp3) is 0.227. The molecule has 0 atom stereocenters. The van der Waals surface area contributed by atoms with Gasteiger partial charge in [-0.2, -0.15) is 0 Å². The number of carbonyl (C=O) groups excluding carboxylic acids is 2. The summed E-state index contributed by atoms with van der Waals surface area (Å²) >= 11 is 2.92. The fourth-order valence-electron chi connectivity index (χ4n) is 2.77. The van der Waals surface area contributed by atoms with E-state index in [0.29, 0.717) is 11.3 Å². The van der Waals surface area contributed by atoms with Crippen LogP contribution in [0.4, 0.5) is 5.69 Å². The normalized spacial score (nSPS) is 13.1. The van der Waals surface area contributed by atoms with Crippen LogP contribution in [0.15, 0.2) is 58.3 Å². The van der Waals surface area contributed by atoms with E-state index in [1.807, 2.05) is 11.4 Å². The van der Waals surface area contributed by atoms with Gasteiger partial charge in [-0.3, -0.25) is 9.59 Å². The molecule has 2 amide bonds. The van der Waals surface area contributed by atoms with Gasteiger partial charge in [0.2, 0.25) is 5.91 Å². The summed E-state index contributed by atoms with van der Waals surface area (Å²) in [6, 6.07) is 15.6. The minimum absolute atomic E-state index is 0.140. The standard InChI is InChI=1S/C22H21N3O2S2/c1-14-6-8-15(9-7-14)19-12-28-22(25-19)29-13-20(26)24-18-5-3-2-4-17(18)21(27)23-16-10-11-16/h2-9,12,16H,10-11,13H2,1H3,(H,23,27)(H,24,26). The minimum atomic E-state index is -0.159. The van der Waals surface area contributed by atoms with Crippen LogP contribution in [0.3, 0.4) is 0 Å². The number of aryl methyl sites for hydroxylation is 1. The van der Waals surface area contributed by atoms with Gasteiger partial charge in [0.25, 0.3) is 5.91 Å². The van der Waals surface area contributed by atoms with Crippen molar-refractivity contribution in [2.24, 2.45) is 0 Å². The number of thioether (sulfide) groups is 1. The Morgan fingerprint density at radius 3 is 2.66 bits per heavy atom. The molecule has 1 aromatic heterocycles. The third-order valence-corrected chi connectivity index (χ3v) is 6.54. The van der Waals surface area contributed by atoms with Crippen molar-refractivity contribution in [1.82, 2.24) is 10.3 Å². The molecule has 4 rings (SSSR count). The highest BCUT2D eigenvalue weighted by molar-refractivity contribution is 8.01. The van der Waals surface area contributed by atoms with Crippen molar-refractivity contribution in [3.05, 3.63) is 65.0 Å². The van der Waals surface area contributed by atoms with Crippen LogP contribution >= 0.6 is 23.1 Å². The first-order chi connectivity index (χ1) is 14.1. The van der Waals surface area contributed by atoms with E-state index in [9.17, 15) is 9.59 Å². The Labute approximate surface area is 178 Å². The first-order valence-electron chi connectivity index (χ1n) is 9.43. The molecule has 0 aliphatic heterocycles. The summed E-state index contributed by atoms with van der Waals surface area (Å²) in [6.45, 7) is 2.05. The number of anilines is 1. The Balaban J connectivity index is 1.35. The molecule has 7 heteroatoms. The first kappa shape index (κ1) is 19.7. The third kappa shape index (κ3) is 5.25. The molecule has 29 heavy (non-hydrogen) atoms. The zero-order valence-corrected chi connectivity index (χ0v) is 17.6. The smallest absolute Gasteiger partial charge is 0.253 e. The van der Waals surface area contributed by atoms with Crippen LogP contribution in [0.2, 0.25) is 0 Å². The van der Waals surface area contributed by atoms with Gasteiger partial charge in [-0.15, -0.1) is 11.3 Å². The van der Waals surface area contributed by atoms with Gasteiger partial charge in [0.1, 0.15) is 0 Å². The molecule has 0 radical (unpaired) electrons. The number of benzene rings is 2. The van der Waals surface area contributed by atoms with Crippen LogP contribution in [0, 0.1) is 6.92 Å². The lowest BCUT2D eigenvalue weighted by Gasteiger charge is -2.10. The zero-order valence-electron chi connectivity index (χ0n) is 16.0. The molecular formula is C22H21N3O2S2. The summed E-state index contributed by atoms with van der Waals surface area (Å²) in [5.74, 6) is -0.0631. The van der Waals surface area contributed by atoms with E-state index in [0.717, 1.165) is 28.4 Å². The van der Waals surface area contributed by atoms with Gasteiger partial charge in [0, 0.05) is 17.0 Å². The van der Waals surface area contributed by atoms with Crippen LogP contribution in [-0.4, -0.2) is 28.6 Å². The molecule has 0 unspecified atom stereocenters. The van der Waals surface area contributed by atoms with Gasteiger partial charge in [-0.25, -0.2) is 4.98 Å². The molecule has 0 bridgehead atoms. The second-order valence-corrected chi connectivity index (χ2v) is 9.08. The van der Waals surface area contributed by atoms with E-state index >= 15 is 0 Å². The van der Waals surface area contributed by atoms with Gasteiger partial charge in [0.05, 0.1) is 22.7 Å². The monoisotopic (exact) mass is 423 g/mol. The maximum Gasteiger partial charge on any atom is 0.253 e. The second-order valence-electron chi connectivity index (χ2n) is 6.99. The number of nitrogens with one attached hydrogen (secondary N) is 2. The molecule has 148 valence electrons. The van der Waals surface area contributed by atoms with Crippen molar-refractivity contribution in [3.63, 3.8) is 0 Å². The Kier molecular flexibility index (Phi) is 5.97. The number of para-hydroxylation sites is 1. The Morgan fingerprint density at radius 1 is 1.14 bits per heavy atom. The SMILES string of the molecule is Cc1ccc(-c2csc(SCC(=O)Nc3ccccc3C(=O)NC3CC3)n2)cc1. The number of amides is 2. The largest absolute Gasteiger partial charge is 0.349 e. The summed E-state index contributed by atoms with van der Waals surface area (Å²) in [4.78, 5) is 29.4. The number of thiazole rings is 1. The van der Waals surface area contributed by atoms with Crippen molar-refractivity contribution >= 4 is 40.6 Å². The summed E-state index contributed by atoms with van der Waals surface area (Å²) in [5.41, 5.74) is 4.23. The van der Waals surface area contributed by atoms with E-state index in [1.165, 1.54) is 28.7 Å². The van der Waals surface area contributed by atoms with E-state index in [1.54, 1.807) is 18.2 Å². The Morgan fingerprint density at radius 2 is 1.90 bits per heavy atom. The maximum absolute atomic E-state index is 12.4. The number of carbonyl (C=O) groups is 2. The molecule has 3 aromatic rings. The molecule has 2 aromatic carbocycles. The molecule has 2 N–H and O–H groups in total. The van der Waals surface area contributed by atoms with Crippen LogP contribution in [0.5, 0.6) is 0 Å². The highest BCUT2D eigenvalue weighted by atomic mass is 32.2. The van der Waals surface area contributed by atoms with Crippen molar-refractivity contribution in [1.29, 1.82) is 0 Å². The van der Waals surface area contributed by atoms with Gasteiger partial charge < -0.3 is 10.6 Å². The fourth-order valence-corrected chi connectivity index (χ4v) is 4.41. The van der Waals surface area contributed by atoms with Crippen molar-refractivity contribution in [3.8, 4) is 11.3 Å². The van der Waals surface area contributed by atoms with E-state index in [4.69, 9.17) is 0 Å². The second kappa shape index (κ2) is 8.80. The lowest BCUT2D eigenvalue weighted by atomic mass is 10.1. The number of aromatic nitrogens is 1. The molecule has 5 nitrogen and oxygen atoms in total. The maximum atomic E-state index is 12.4. The number of nitrogens with zero attached hydrogens (tertiary/aromatic N) is 1. The van der Waals surface area contributed by atoms with E-state index in [2.05, 4.69) is 46.8 Å². The quantitative estimate of drug-likeness (QED) is 0.539. The minimum Gasteiger partial charge on any atom is -0.349 e. The highest BCUT2D eigenvalue weighted by Crippen LogP contribution is 2.29. The molecule has 1 aliphatic carbocycles. The van der Waals surface area contributed by atoms with Gasteiger partial charge in [-0.05, 0) is 31.9 Å². The zero-order chi connectivity index (χ0) is 20.2. The molecule has 1 saturated carbocycles. The van der Waals surface area contributed by atoms with Crippen molar-refractivity contribution in [2.45, 2.75) is 30.1 Å². The number of rotatable bonds is 7. The van der Waals surface area contributed by atoms with Crippen molar-refractivity contribution in [2.75, 3.05) is 11.1 Å². The van der Waals surface area contributed by atoms with E-state index < -0.39 is 0 Å². The summed E-state index contributed by atoms with van der Waals surface area (Å²) in [6.07, 6.45) is 2.05. The Hall–Kier alpha value is -2.64. The van der Waals surface area contributed by atoms with Crippen LogP contribution in [0.25, 0.3) is 11.3 Å². The third-order valence-electron chi connectivity index (χ3n) is 4.52. The first-order valence-corrected chi connectivity index (χ1v) is 11.3. The summed E-state index contributed by atoms with van der Waals surface area (Å²) in [7, 11) is 0. The van der Waals surface area contributed by atoms with Crippen LogP contribution < -0.4 is 10.6 Å². The lowest BCUT2D eigenvalue weighted by molar-refractivity contribution is -0.113. The summed E-state index contributed by atoms with van der Waals surface area (Å²) in [5, 5.41) is 7.82. The number of hydrogen-bond donors (Lipinski definition) is 2. The van der Waals surface area contributed by atoms with E-state index in [-0.39, 0.29) is 23.6 Å².